The molecule has 3 aromatic rings. The molecule has 0 fully saturated rings. The Hall–Kier alpha value is -4.12. The van der Waals surface area contributed by atoms with E-state index in [-0.39, 0.29) is 16.9 Å². The first-order valence-corrected chi connectivity index (χ1v) is 9.70. The monoisotopic (exact) mass is 440 g/mol. The van der Waals surface area contributed by atoms with Crippen molar-refractivity contribution in [3.8, 4) is 11.3 Å². The van der Waals surface area contributed by atoms with Gasteiger partial charge in [0.05, 0.1) is 11.3 Å². The van der Waals surface area contributed by atoms with Crippen molar-refractivity contribution < 1.29 is 29.7 Å². The van der Waals surface area contributed by atoms with Gasteiger partial charge in [0.15, 0.2) is 0 Å². The van der Waals surface area contributed by atoms with Crippen molar-refractivity contribution in [3.63, 3.8) is 0 Å². The molecule has 0 aliphatic heterocycles. The maximum Gasteiger partial charge on any atom is 0.338 e. The van der Waals surface area contributed by atoms with E-state index >= 15 is 0 Å². The van der Waals surface area contributed by atoms with E-state index in [9.17, 15) is 19.5 Å². The lowest BCUT2D eigenvalue weighted by molar-refractivity contribution is -0.136. The molecule has 2 aromatic carbocycles. The Kier molecular flexibility index (Phi) is 6.67. The highest BCUT2D eigenvalue weighted by atomic mass is 32.1. The van der Waals surface area contributed by atoms with Gasteiger partial charge in [0.2, 0.25) is 5.13 Å². The largest absolute Gasteiger partial charge is 0.480 e. The van der Waals surface area contributed by atoms with Crippen LogP contribution in [0.25, 0.3) is 11.3 Å². The maximum absolute atomic E-state index is 11.7. The number of hydrogen-bond donors (Lipinski definition) is 3. The zero-order valence-electron chi connectivity index (χ0n) is 15.9. The highest BCUT2D eigenvalue weighted by molar-refractivity contribution is 7.13. The highest BCUT2D eigenvalue weighted by Crippen LogP contribution is 2.30. The summed E-state index contributed by atoms with van der Waals surface area (Å²) in [5.74, 6) is -3.81. The lowest BCUT2D eigenvalue weighted by Crippen LogP contribution is -2.34. The minimum Gasteiger partial charge on any atom is -0.480 e. The Bertz CT molecular complexity index is 1130. The number of aliphatic carboxylic acids is 2. The number of hydrogen-bond acceptors (Lipinski definition) is 8. The first-order valence-electron chi connectivity index (χ1n) is 8.82. The maximum atomic E-state index is 11.7. The zero-order valence-corrected chi connectivity index (χ0v) is 16.7. The number of aromatic carboxylic acids is 1. The molecule has 1 aromatic heterocycles. The van der Waals surface area contributed by atoms with Crippen molar-refractivity contribution in [2.75, 3.05) is 18.0 Å². The number of azo groups is 1. The van der Waals surface area contributed by atoms with Gasteiger partial charge in [-0.2, -0.15) is 0 Å². The number of thiazole rings is 1. The minimum atomic E-state index is -1.31. The van der Waals surface area contributed by atoms with Gasteiger partial charge in [-0.3, -0.25) is 9.59 Å². The molecule has 0 aliphatic carbocycles. The third-order valence-corrected chi connectivity index (χ3v) is 4.76. The molecule has 0 amide bonds. The number of carboxylic acids is 3. The molecule has 10 nitrogen and oxygen atoms in total. The number of carboxylic acid groups (broad SMARTS) is 3. The van der Waals surface area contributed by atoms with E-state index < -0.39 is 31.0 Å². The Balaban J connectivity index is 1.88. The third-order valence-electron chi connectivity index (χ3n) is 4.03. The summed E-state index contributed by atoms with van der Waals surface area (Å²) in [4.78, 5) is 39.1. The molecule has 0 saturated heterocycles. The molecule has 31 heavy (non-hydrogen) atoms. The molecule has 0 aliphatic rings. The number of rotatable bonds is 9. The van der Waals surface area contributed by atoms with Crippen molar-refractivity contribution in [2.45, 2.75) is 0 Å². The molecular weight excluding hydrogens is 424 g/mol. The molecule has 3 rings (SSSR count). The Morgan fingerprint density at radius 2 is 1.61 bits per heavy atom. The molecule has 0 unspecified atom stereocenters. The van der Waals surface area contributed by atoms with Crippen LogP contribution < -0.4 is 4.90 Å². The van der Waals surface area contributed by atoms with Gasteiger partial charge < -0.3 is 20.2 Å². The summed E-state index contributed by atoms with van der Waals surface area (Å²) in [5, 5.41) is 37.6. The molecule has 3 N–H and O–H groups in total. The molecule has 0 spiro atoms. The summed E-state index contributed by atoms with van der Waals surface area (Å²) in [6, 6.07) is 13.4. The van der Waals surface area contributed by atoms with Crippen LogP contribution in [0.4, 0.5) is 16.5 Å². The second-order valence-corrected chi connectivity index (χ2v) is 7.07. The standard InChI is InChI=1S/C20H16N4O6S/c25-17(26)9-24(10-18(27)28)13-6-7-15(14(8-13)19(29)30)22-23-20-21-16(11-31-20)12-4-2-1-3-5-12/h1-8,11H,9-10H2,(H,25,26)(H,27,28)(H,29,30). The summed E-state index contributed by atoms with van der Waals surface area (Å²) in [6.07, 6.45) is 0. The topological polar surface area (TPSA) is 153 Å². The van der Waals surface area contributed by atoms with Crippen LogP contribution in [0.2, 0.25) is 0 Å². The lowest BCUT2D eigenvalue weighted by atomic mass is 10.1. The van der Waals surface area contributed by atoms with Crippen LogP contribution in [0.1, 0.15) is 10.4 Å². The van der Waals surface area contributed by atoms with E-state index in [1.165, 1.54) is 29.5 Å². The molecule has 158 valence electrons. The fourth-order valence-corrected chi connectivity index (χ4v) is 3.34. The van der Waals surface area contributed by atoms with E-state index in [2.05, 4.69) is 15.2 Å². The van der Waals surface area contributed by atoms with E-state index in [0.717, 1.165) is 10.5 Å². The first kappa shape index (κ1) is 21.6. The fourth-order valence-electron chi connectivity index (χ4n) is 2.69. The number of carbonyl (C=O) groups is 3. The number of anilines is 1. The van der Waals surface area contributed by atoms with Crippen LogP contribution in [0, 0.1) is 0 Å². The Morgan fingerprint density at radius 1 is 0.935 bits per heavy atom. The zero-order chi connectivity index (χ0) is 22.4. The normalized spacial score (nSPS) is 10.8. The van der Waals surface area contributed by atoms with Gasteiger partial charge in [0, 0.05) is 16.6 Å². The van der Waals surface area contributed by atoms with Gasteiger partial charge >= 0.3 is 17.9 Å². The minimum absolute atomic E-state index is 0.0262. The summed E-state index contributed by atoms with van der Waals surface area (Å²) >= 11 is 1.24. The summed E-state index contributed by atoms with van der Waals surface area (Å²) < 4.78 is 0. The molecule has 0 atom stereocenters. The lowest BCUT2D eigenvalue weighted by Gasteiger charge is -2.21. The van der Waals surface area contributed by atoms with Crippen LogP contribution in [-0.2, 0) is 9.59 Å². The quantitative estimate of drug-likeness (QED) is 0.424. The number of nitrogens with zero attached hydrogens (tertiary/aromatic N) is 4. The molecule has 11 heteroatoms. The summed E-state index contributed by atoms with van der Waals surface area (Å²) in [6.45, 7) is -1.21. The van der Waals surface area contributed by atoms with E-state index in [1.807, 2.05) is 30.3 Å². The van der Waals surface area contributed by atoms with Gasteiger partial charge in [-0.05, 0) is 18.2 Å². The van der Waals surface area contributed by atoms with Gasteiger partial charge in [-0.1, -0.05) is 30.3 Å². The molecule has 0 bridgehead atoms. The second kappa shape index (κ2) is 9.59. The van der Waals surface area contributed by atoms with Crippen LogP contribution >= 0.6 is 11.3 Å². The molecular formula is C20H16N4O6S. The van der Waals surface area contributed by atoms with Crippen molar-refractivity contribution in [1.82, 2.24) is 4.98 Å². The van der Waals surface area contributed by atoms with Gasteiger partial charge in [-0.15, -0.1) is 21.6 Å². The Labute approximate surface area is 179 Å². The first-order chi connectivity index (χ1) is 14.8. The average Bonchev–Trinajstić information content (AvgIpc) is 3.20. The van der Waals surface area contributed by atoms with Crippen molar-refractivity contribution in [2.24, 2.45) is 10.2 Å². The van der Waals surface area contributed by atoms with Gasteiger partial charge in [0.1, 0.15) is 18.8 Å². The van der Waals surface area contributed by atoms with E-state index in [1.54, 1.807) is 5.38 Å². The predicted molar refractivity (Wildman–Crippen MR) is 113 cm³/mol. The smallest absolute Gasteiger partial charge is 0.338 e. The average molecular weight is 440 g/mol. The number of aromatic nitrogens is 1. The fraction of sp³-hybridized carbons (Fsp3) is 0.100. The number of benzene rings is 2. The van der Waals surface area contributed by atoms with Crippen LogP contribution in [0.3, 0.4) is 0 Å². The van der Waals surface area contributed by atoms with Crippen molar-refractivity contribution in [3.05, 3.63) is 59.5 Å². The highest BCUT2D eigenvalue weighted by Gasteiger charge is 2.18. The van der Waals surface area contributed by atoms with Gasteiger partial charge in [0.25, 0.3) is 0 Å². The molecule has 0 saturated carbocycles. The van der Waals surface area contributed by atoms with Crippen molar-refractivity contribution >= 4 is 45.8 Å². The summed E-state index contributed by atoms with van der Waals surface area (Å²) in [7, 11) is 0. The summed E-state index contributed by atoms with van der Waals surface area (Å²) in [5.41, 5.74) is 1.53. The Morgan fingerprint density at radius 3 is 2.23 bits per heavy atom. The third kappa shape index (κ3) is 5.70. The van der Waals surface area contributed by atoms with E-state index in [0.29, 0.717) is 10.8 Å². The van der Waals surface area contributed by atoms with Crippen LogP contribution in [0.15, 0.2) is 64.1 Å². The van der Waals surface area contributed by atoms with Gasteiger partial charge in [-0.25, -0.2) is 9.78 Å². The van der Waals surface area contributed by atoms with Crippen molar-refractivity contribution in [1.29, 1.82) is 0 Å². The second-order valence-electron chi connectivity index (χ2n) is 6.23. The van der Waals surface area contributed by atoms with Crippen LogP contribution in [-0.4, -0.2) is 51.3 Å². The molecule has 1 heterocycles. The van der Waals surface area contributed by atoms with E-state index in [4.69, 9.17) is 10.2 Å². The van der Waals surface area contributed by atoms with Crippen LogP contribution in [0.5, 0.6) is 0 Å². The predicted octanol–water partition coefficient (Wildman–Crippen LogP) is 3.90. The molecule has 0 radical (unpaired) electrons. The SMILES string of the molecule is O=C(O)CN(CC(=O)O)c1ccc(N=Nc2nc(-c3ccccc3)cs2)c(C(=O)O)c1.